The highest BCUT2D eigenvalue weighted by Crippen LogP contribution is 2.43. The summed E-state index contributed by atoms with van der Waals surface area (Å²) in [6.07, 6.45) is 3.79. The summed E-state index contributed by atoms with van der Waals surface area (Å²) in [7, 11) is 0. The molecule has 0 atom stereocenters. The van der Waals surface area contributed by atoms with Crippen molar-refractivity contribution in [3.8, 4) is 22.3 Å². The molecule has 0 amide bonds. The van der Waals surface area contributed by atoms with E-state index in [1.807, 2.05) is 26.0 Å². The number of fused-ring (bicyclic) bond motifs is 2. The Morgan fingerprint density at radius 1 is 0.469 bits per heavy atom. The Morgan fingerprint density at radius 2 is 0.906 bits per heavy atom. The third-order valence-corrected chi connectivity index (χ3v) is 5.81. The molecule has 5 rings (SSSR count). The van der Waals surface area contributed by atoms with E-state index in [-0.39, 0.29) is 0 Å². The van der Waals surface area contributed by atoms with Crippen molar-refractivity contribution in [3.05, 3.63) is 121 Å². The molecular formula is C32H28. The molecule has 0 nitrogen and oxygen atoms in total. The number of hydrogen-bond acceptors (Lipinski definition) is 0. The van der Waals surface area contributed by atoms with Crippen molar-refractivity contribution in [2.24, 2.45) is 0 Å². The average Bonchev–Trinajstić information content (AvgIpc) is 2.88. The van der Waals surface area contributed by atoms with Crippen LogP contribution in [0.5, 0.6) is 0 Å². The molecule has 0 bridgehead atoms. The third-order valence-electron chi connectivity index (χ3n) is 5.81. The van der Waals surface area contributed by atoms with E-state index in [1.165, 1.54) is 43.8 Å². The summed E-state index contributed by atoms with van der Waals surface area (Å²) in [5.41, 5.74) is 7.19. The van der Waals surface area contributed by atoms with Crippen molar-refractivity contribution in [1.82, 2.24) is 0 Å². The maximum atomic E-state index is 4.00. The van der Waals surface area contributed by atoms with Crippen molar-refractivity contribution >= 4 is 33.7 Å². The third kappa shape index (κ3) is 3.65. The Hall–Kier alpha value is -3.90. The van der Waals surface area contributed by atoms with Crippen LogP contribution in [0, 0.1) is 0 Å². The van der Waals surface area contributed by atoms with Crippen molar-refractivity contribution in [2.75, 3.05) is 0 Å². The van der Waals surface area contributed by atoms with Gasteiger partial charge in [0.1, 0.15) is 0 Å². The fraction of sp³-hybridized carbons (Fsp3) is 0.0625. The molecule has 156 valence electrons. The van der Waals surface area contributed by atoms with Gasteiger partial charge in [0.15, 0.2) is 0 Å². The molecule has 0 heteroatoms. The van der Waals surface area contributed by atoms with Crippen LogP contribution in [0.4, 0.5) is 0 Å². The molecule has 0 radical (unpaired) electrons. The van der Waals surface area contributed by atoms with Crippen LogP contribution in [-0.2, 0) is 0 Å². The van der Waals surface area contributed by atoms with Crippen LogP contribution in [0.1, 0.15) is 25.0 Å². The highest BCUT2D eigenvalue weighted by Gasteiger charge is 2.16. The minimum Gasteiger partial charge on any atom is -0.0984 e. The van der Waals surface area contributed by atoms with E-state index in [2.05, 4.69) is 110 Å². The number of benzene rings is 5. The first kappa shape index (κ1) is 21.3. The lowest BCUT2D eigenvalue weighted by atomic mass is 9.85. The van der Waals surface area contributed by atoms with Gasteiger partial charge in [-0.25, -0.2) is 0 Å². The Morgan fingerprint density at radius 3 is 1.38 bits per heavy atom. The lowest BCUT2D eigenvalue weighted by Gasteiger charge is -2.18. The summed E-state index contributed by atoms with van der Waals surface area (Å²) < 4.78 is 0. The van der Waals surface area contributed by atoms with Gasteiger partial charge in [-0.3, -0.25) is 0 Å². The number of rotatable bonds is 4. The van der Waals surface area contributed by atoms with Gasteiger partial charge in [0.05, 0.1) is 0 Å². The summed E-state index contributed by atoms with van der Waals surface area (Å²) >= 11 is 0. The highest BCUT2D eigenvalue weighted by atomic mass is 14.2. The van der Waals surface area contributed by atoms with Gasteiger partial charge in [0, 0.05) is 0 Å². The van der Waals surface area contributed by atoms with E-state index in [0.29, 0.717) is 0 Å². The Balaban J connectivity index is 0.00000119. The zero-order valence-electron chi connectivity index (χ0n) is 18.8. The molecule has 0 spiro atoms. The van der Waals surface area contributed by atoms with Crippen LogP contribution in [-0.4, -0.2) is 0 Å². The monoisotopic (exact) mass is 412 g/mol. The first-order valence-corrected chi connectivity index (χ1v) is 11.2. The van der Waals surface area contributed by atoms with Gasteiger partial charge in [0.25, 0.3) is 0 Å². The predicted octanol–water partition coefficient (Wildman–Crippen LogP) is 9.64. The van der Waals surface area contributed by atoms with Crippen LogP contribution in [0.15, 0.2) is 110 Å². The normalized spacial score (nSPS) is 10.4. The minimum absolute atomic E-state index is 1.10. The standard InChI is InChI=1S/C30H22.C2H6/c1-3-21-18-19-24(20-22(21)4-2)30-27-16-10-8-14-25(27)29(23-12-6-5-7-13-23)26-15-9-11-17-28(26)30;1-2/h3-20H,1-2H2;1-2H3. The Bertz CT molecular complexity index is 1350. The van der Waals surface area contributed by atoms with Gasteiger partial charge in [-0.05, 0) is 61.0 Å². The molecule has 0 unspecified atom stereocenters. The maximum absolute atomic E-state index is 4.00. The molecule has 0 heterocycles. The van der Waals surface area contributed by atoms with Crippen LogP contribution in [0.2, 0.25) is 0 Å². The van der Waals surface area contributed by atoms with Gasteiger partial charge in [-0.2, -0.15) is 0 Å². The zero-order valence-corrected chi connectivity index (χ0v) is 18.8. The lowest BCUT2D eigenvalue weighted by Crippen LogP contribution is -1.91. The molecular weight excluding hydrogens is 384 g/mol. The molecule has 0 saturated heterocycles. The summed E-state index contributed by atoms with van der Waals surface area (Å²) in [5.74, 6) is 0. The predicted molar refractivity (Wildman–Crippen MR) is 144 cm³/mol. The van der Waals surface area contributed by atoms with Crippen molar-refractivity contribution in [1.29, 1.82) is 0 Å². The second-order valence-electron chi connectivity index (χ2n) is 7.46. The lowest BCUT2D eigenvalue weighted by molar-refractivity contribution is 1.50. The fourth-order valence-electron chi connectivity index (χ4n) is 4.45. The quantitative estimate of drug-likeness (QED) is 0.258. The summed E-state index contributed by atoms with van der Waals surface area (Å²) in [6, 6.07) is 34.7. The fourth-order valence-corrected chi connectivity index (χ4v) is 4.45. The minimum atomic E-state index is 1.10. The van der Waals surface area contributed by atoms with Crippen molar-refractivity contribution < 1.29 is 0 Å². The first-order valence-electron chi connectivity index (χ1n) is 11.2. The molecule has 0 fully saturated rings. The first-order chi connectivity index (χ1) is 15.8. The van der Waals surface area contributed by atoms with E-state index >= 15 is 0 Å². The summed E-state index contributed by atoms with van der Waals surface area (Å²) in [5, 5.41) is 5.06. The van der Waals surface area contributed by atoms with Gasteiger partial charge in [0.2, 0.25) is 0 Å². The molecule has 32 heavy (non-hydrogen) atoms. The van der Waals surface area contributed by atoms with Crippen LogP contribution < -0.4 is 0 Å². The molecule has 0 saturated carbocycles. The molecule has 0 N–H and O–H groups in total. The van der Waals surface area contributed by atoms with E-state index in [4.69, 9.17) is 0 Å². The molecule has 0 aromatic heterocycles. The van der Waals surface area contributed by atoms with Gasteiger partial charge >= 0.3 is 0 Å². The topological polar surface area (TPSA) is 0 Å². The average molecular weight is 413 g/mol. The van der Waals surface area contributed by atoms with E-state index in [0.717, 1.165) is 11.1 Å². The van der Waals surface area contributed by atoms with Crippen molar-refractivity contribution in [3.63, 3.8) is 0 Å². The summed E-state index contributed by atoms with van der Waals surface area (Å²) in [6.45, 7) is 11.9. The second kappa shape index (κ2) is 9.49. The van der Waals surface area contributed by atoms with E-state index in [9.17, 15) is 0 Å². The zero-order chi connectivity index (χ0) is 22.5. The molecule has 5 aromatic carbocycles. The van der Waals surface area contributed by atoms with Gasteiger partial charge < -0.3 is 0 Å². The van der Waals surface area contributed by atoms with E-state index in [1.54, 1.807) is 0 Å². The largest absolute Gasteiger partial charge is 0.0984 e. The molecule has 0 aliphatic rings. The number of hydrogen-bond donors (Lipinski definition) is 0. The SMILES string of the molecule is C=Cc1ccc(-c2c3ccccc3c(-c3ccccc3)c3ccccc23)cc1C=C.CC. The van der Waals surface area contributed by atoms with Crippen LogP contribution in [0.3, 0.4) is 0 Å². The summed E-state index contributed by atoms with van der Waals surface area (Å²) in [4.78, 5) is 0. The van der Waals surface area contributed by atoms with Gasteiger partial charge in [-0.1, -0.05) is 130 Å². The Kier molecular flexibility index (Phi) is 6.33. The molecule has 0 aliphatic heterocycles. The van der Waals surface area contributed by atoms with Crippen molar-refractivity contribution in [2.45, 2.75) is 13.8 Å². The Labute approximate surface area is 191 Å². The second-order valence-corrected chi connectivity index (χ2v) is 7.46. The van der Waals surface area contributed by atoms with Gasteiger partial charge in [-0.15, -0.1) is 0 Å². The molecule has 0 aliphatic carbocycles. The molecule has 5 aromatic rings. The van der Waals surface area contributed by atoms with E-state index < -0.39 is 0 Å². The maximum Gasteiger partial charge on any atom is -0.00262 e. The van der Waals surface area contributed by atoms with Crippen LogP contribution in [0.25, 0.3) is 56.0 Å². The highest BCUT2D eigenvalue weighted by molar-refractivity contribution is 6.21. The van der Waals surface area contributed by atoms with Crippen LogP contribution >= 0.6 is 0 Å². The smallest absolute Gasteiger partial charge is 0.00262 e.